The maximum absolute atomic E-state index is 12.2. The van der Waals surface area contributed by atoms with Crippen LogP contribution in [0.4, 0.5) is 0 Å². The fraction of sp³-hybridized carbons (Fsp3) is 0.467. The first kappa shape index (κ1) is 17.1. The van der Waals surface area contributed by atoms with Crippen molar-refractivity contribution in [3.05, 3.63) is 23.0 Å². The van der Waals surface area contributed by atoms with E-state index in [1.807, 2.05) is 0 Å². The van der Waals surface area contributed by atoms with Crippen LogP contribution in [0.3, 0.4) is 0 Å². The van der Waals surface area contributed by atoms with E-state index < -0.39 is 54.1 Å². The van der Waals surface area contributed by atoms with Gasteiger partial charge in [0, 0.05) is 13.8 Å². The normalized spacial score (nSPS) is 29.4. The number of fused-ring (bicyclic) bond motifs is 2. The van der Waals surface area contributed by atoms with Gasteiger partial charge >= 0.3 is 17.9 Å². The van der Waals surface area contributed by atoms with Crippen molar-refractivity contribution in [3.63, 3.8) is 0 Å². The molecule has 2 saturated heterocycles. The number of aromatic nitrogens is 4. The summed E-state index contributed by atoms with van der Waals surface area (Å²) >= 11 is 0. The van der Waals surface area contributed by atoms with E-state index in [1.165, 1.54) is 24.1 Å². The number of ether oxygens (including phenoxy) is 4. The number of aromatic amines is 1. The molecule has 0 aliphatic carbocycles. The SMILES string of the molecule is CC(=O)OC1C(=O)OC2C1OC(n1cnc3nc[nH]c(=O)c31)C2OC(C)=O. The van der Waals surface area contributed by atoms with Gasteiger partial charge in [-0.3, -0.25) is 19.0 Å². The number of hydrogen-bond donors (Lipinski definition) is 1. The van der Waals surface area contributed by atoms with Crippen LogP contribution in [0.1, 0.15) is 20.1 Å². The van der Waals surface area contributed by atoms with Crippen molar-refractivity contribution in [1.29, 1.82) is 0 Å². The molecule has 142 valence electrons. The smallest absolute Gasteiger partial charge is 0.350 e. The van der Waals surface area contributed by atoms with E-state index in [2.05, 4.69) is 15.0 Å². The monoisotopic (exact) mass is 378 g/mol. The molecule has 1 N–H and O–H groups in total. The van der Waals surface area contributed by atoms with Gasteiger partial charge in [-0.1, -0.05) is 0 Å². The van der Waals surface area contributed by atoms with Crippen molar-refractivity contribution in [3.8, 4) is 0 Å². The van der Waals surface area contributed by atoms with Crippen LogP contribution in [-0.2, 0) is 33.3 Å². The second-order valence-corrected chi connectivity index (χ2v) is 6.05. The van der Waals surface area contributed by atoms with Gasteiger partial charge < -0.3 is 23.9 Å². The molecule has 0 aromatic carbocycles. The number of esters is 3. The standard InChI is InChI=1S/C15H14N4O8/c1-5(20)24-10-8-9(11(15(23)27-8)25-6(2)21)26-14(10)19-4-18-12-7(19)13(22)17-3-16-12/h3-4,8-11,14H,1-2H3,(H,16,17,22). The van der Waals surface area contributed by atoms with Crippen LogP contribution in [0.15, 0.2) is 17.4 Å². The van der Waals surface area contributed by atoms with Crippen LogP contribution in [0.2, 0.25) is 0 Å². The van der Waals surface area contributed by atoms with Crippen molar-refractivity contribution >= 4 is 29.1 Å². The van der Waals surface area contributed by atoms with Gasteiger partial charge in [0.05, 0.1) is 6.33 Å². The minimum atomic E-state index is -1.30. The Labute approximate surface area is 150 Å². The Balaban J connectivity index is 1.76. The van der Waals surface area contributed by atoms with Crippen LogP contribution < -0.4 is 5.56 Å². The van der Waals surface area contributed by atoms with Gasteiger partial charge in [-0.25, -0.2) is 14.8 Å². The zero-order valence-corrected chi connectivity index (χ0v) is 14.1. The molecular weight excluding hydrogens is 364 g/mol. The zero-order chi connectivity index (χ0) is 19.3. The number of carbonyl (C=O) groups excluding carboxylic acids is 3. The summed E-state index contributed by atoms with van der Waals surface area (Å²) in [5.74, 6) is -2.13. The molecule has 4 rings (SSSR count). The number of H-pyrrole nitrogens is 1. The molecule has 0 bridgehead atoms. The van der Waals surface area contributed by atoms with E-state index in [1.54, 1.807) is 0 Å². The molecule has 2 fully saturated rings. The summed E-state index contributed by atoms with van der Waals surface area (Å²) < 4.78 is 22.7. The van der Waals surface area contributed by atoms with E-state index in [0.29, 0.717) is 0 Å². The zero-order valence-electron chi connectivity index (χ0n) is 14.1. The fourth-order valence-electron chi connectivity index (χ4n) is 3.29. The van der Waals surface area contributed by atoms with E-state index >= 15 is 0 Å². The summed E-state index contributed by atoms with van der Waals surface area (Å²) in [5.41, 5.74) is -0.224. The summed E-state index contributed by atoms with van der Waals surface area (Å²) in [5, 5.41) is 0. The maximum Gasteiger partial charge on any atom is 0.350 e. The molecule has 0 spiro atoms. The predicted octanol–water partition coefficient (Wildman–Crippen LogP) is -1.19. The number of carbonyl (C=O) groups is 3. The molecular formula is C15H14N4O8. The van der Waals surface area contributed by atoms with Crippen molar-refractivity contribution in [2.45, 2.75) is 44.5 Å². The lowest BCUT2D eigenvalue weighted by molar-refractivity contribution is -0.174. The second kappa shape index (κ2) is 6.16. The van der Waals surface area contributed by atoms with E-state index in [-0.39, 0.29) is 11.2 Å². The lowest BCUT2D eigenvalue weighted by atomic mass is 10.1. The Bertz CT molecular complexity index is 997. The maximum atomic E-state index is 12.2. The number of hydrogen-bond acceptors (Lipinski definition) is 10. The van der Waals surface area contributed by atoms with E-state index in [9.17, 15) is 19.2 Å². The van der Waals surface area contributed by atoms with Crippen LogP contribution in [0, 0.1) is 0 Å². The first-order valence-corrected chi connectivity index (χ1v) is 7.97. The Hall–Kier alpha value is -3.28. The number of rotatable bonds is 3. The lowest BCUT2D eigenvalue weighted by Crippen LogP contribution is -2.36. The van der Waals surface area contributed by atoms with Crippen molar-refractivity contribution in [2.24, 2.45) is 0 Å². The van der Waals surface area contributed by atoms with Crippen molar-refractivity contribution in [1.82, 2.24) is 19.5 Å². The summed E-state index contributed by atoms with van der Waals surface area (Å²) in [6.45, 7) is 2.33. The highest BCUT2D eigenvalue weighted by Gasteiger charge is 2.61. The average molecular weight is 378 g/mol. The minimum absolute atomic E-state index is 0.0926. The van der Waals surface area contributed by atoms with Gasteiger partial charge in [-0.15, -0.1) is 0 Å². The number of nitrogens with one attached hydrogen (secondary N) is 1. The van der Waals surface area contributed by atoms with E-state index in [0.717, 1.165) is 6.92 Å². The summed E-state index contributed by atoms with van der Waals surface area (Å²) in [6.07, 6.45) is -2.93. The Kier molecular flexibility index (Phi) is 3.91. The molecule has 0 saturated carbocycles. The second-order valence-electron chi connectivity index (χ2n) is 6.05. The Morgan fingerprint density at radius 2 is 1.89 bits per heavy atom. The van der Waals surface area contributed by atoms with Crippen LogP contribution in [0.5, 0.6) is 0 Å². The molecule has 12 nitrogen and oxygen atoms in total. The summed E-state index contributed by atoms with van der Waals surface area (Å²) in [6, 6.07) is 0. The highest BCUT2D eigenvalue weighted by molar-refractivity contribution is 5.82. The third-order valence-electron chi connectivity index (χ3n) is 4.25. The quantitative estimate of drug-likeness (QED) is 0.509. The minimum Gasteiger partial charge on any atom is -0.454 e. The highest BCUT2D eigenvalue weighted by Crippen LogP contribution is 2.40. The predicted molar refractivity (Wildman–Crippen MR) is 83.0 cm³/mol. The van der Waals surface area contributed by atoms with Gasteiger partial charge in [-0.05, 0) is 0 Å². The third-order valence-corrected chi connectivity index (χ3v) is 4.25. The summed E-state index contributed by atoms with van der Waals surface area (Å²) in [7, 11) is 0. The van der Waals surface area contributed by atoms with Gasteiger partial charge in [0.2, 0.25) is 6.10 Å². The van der Waals surface area contributed by atoms with Gasteiger partial charge in [0.25, 0.3) is 5.56 Å². The van der Waals surface area contributed by atoms with Crippen LogP contribution in [0.25, 0.3) is 11.2 Å². The molecule has 2 aliphatic rings. The molecule has 0 amide bonds. The number of nitrogens with zero attached hydrogens (tertiary/aromatic N) is 3. The fourth-order valence-corrected chi connectivity index (χ4v) is 3.29. The third kappa shape index (κ3) is 2.73. The molecule has 2 aromatic heterocycles. The first-order valence-electron chi connectivity index (χ1n) is 7.97. The van der Waals surface area contributed by atoms with E-state index in [4.69, 9.17) is 18.9 Å². The van der Waals surface area contributed by atoms with Crippen LogP contribution in [-0.4, -0.2) is 61.8 Å². The molecule has 2 aliphatic heterocycles. The molecule has 5 unspecified atom stereocenters. The van der Waals surface area contributed by atoms with Crippen molar-refractivity contribution < 1.29 is 33.3 Å². The molecule has 5 atom stereocenters. The average Bonchev–Trinajstić information content (AvgIpc) is 3.23. The lowest BCUT2D eigenvalue weighted by Gasteiger charge is -2.22. The Morgan fingerprint density at radius 3 is 2.59 bits per heavy atom. The van der Waals surface area contributed by atoms with Gasteiger partial charge in [0.1, 0.15) is 12.4 Å². The van der Waals surface area contributed by atoms with Crippen molar-refractivity contribution in [2.75, 3.05) is 0 Å². The molecule has 4 heterocycles. The first-order chi connectivity index (χ1) is 12.9. The van der Waals surface area contributed by atoms with Crippen LogP contribution >= 0.6 is 0 Å². The molecule has 0 radical (unpaired) electrons. The van der Waals surface area contributed by atoms with Gasteiger partial charge in [0.15, 0.2) is 29.6 Å². The topological polar surface area (TPSA) is 152 Å². The van der Waals surface area contributed by atoms with Gasteiger partial charge in [-0.2, -0.15) is 0 Å². The molecule has 2 aromatic rings. The molecule has 27 heavy (non-hydrogen) atoms. The largest absolute Gasteiger partial charge is 0.454 e. The Morgan fingerprint density at radius 1 is 1.15 bits per heavy atom. The number of imidazole rings is 1. The molecule has 12 heteroatoms. The summed E-state index contributed by atoms with van der Waals surface area (Å²) in [4.78, 5) is 57.5. The highest BCUT2D eigenvalue weighted by atomic mass is 16.7.